The minimum atomic E-state index is -3.03. The summed E-state index contributed by atoms with van der Waals surface area (Å²) in [6, 6.07) is -0.375. The SMILES string of the molecule is CS(=O)(=O)CCCN1C(=O)NC(=O)C12CCCCC2. The van der Waals surface area contributed by atoms with Crippen LogP contribution < -0.4 is 5.32 Å². The molecule has 7 heteroatoms. The van der Waals surface area contributed by atoms with E-state index in [0.717, 1.165) is 19.3 Å². The van der Waals surface area contributed by atoms with Crippen LogP contribution in [-0.2, 0) is 14.6 Å². The summed E-state index contributed by atoms with van der Waals surface area (Å²) >= 11 is 0. The number of carbonyl (C=O) groups excluding carboxylic acids is 2. The van der Waals surface area contributed by atoms with E-state index < -0.39 is 15.4 Å². The lowest BCUT2D eigenvalue weighted by Gasteiger charge is -2.38. The van der Waals surface area contributed by atoms with Gasteiger partial charge in [0.15, 0.2) is 0 Å². The molecule has 2 aliphatic rings. The van der Waals surface area contributed by atoms with Crippen molar-refractivity contribution in [3.05, 3.63) is 0 Å². The molecule has 0 unspecified atom stereocenters. The highest BCUT2D eigenvalue weighted by Crippen LogP contribution is 2.37. The molecule has 0 radical (unpaired) electrons. The molecule has 1 aliphatic heterocycles. The number of nitrogens with one attached hydrogen (secondary N) is 1. The van der Waals surface area contributed by atoms with Crippen molar-refractivity contribution >= 4 is 21.8 Å². The molecule has 19 heavy (non-hydrogen) atoms. The molecular weight excluding hydrogens is 268 g/mol. The monoisotopic (exact) mass is 288 g/mol. The van der Waals surface area contributed by atoms with Crippen LogP contribution in [0.15, 0.2) is 0 Å². The molecule has 2 fully saturated rings. The van der Waals surface area contributed by atoms with Crippen LogP contribution in [0.2, 0.25) is 0 Å². The van der Waals surface area contributed by atoms with Crippen molar-refractivity contribution in [1.29, 1.82) is 0 Å². The summed E-state index contributed by atoms with van der Waals surface area (Å²) in [6.07, 6.45) is 5.87. The molecule has 0 atom stereocenters. The first-order valence-electron chi connectivity index (χ1n) is 6.66. The maximum absolute atomic E-state index is 12.0. The molecule has 1 N–H and O–H groups in total. The Bertz CT molecular complexity index is 480. The predicted molar refractivity (Wildman–Crippen MR) is 70.4 cm³/mol. The van der Waals surface area contributed by atoms with Gasteiger partial charge in [0.05, 0.1) is 5.75 Å². The van der Waals surface area contributed by atoms with E-state index >= 15 is 0 Å². The number of imide groups is 1. The van der Waals surface area contributed by atoms with Gasteiger partial charge in [-0.2, -0.15) is 0 Å². The summed E-state index contributed by atoms with van der Waals surface area (Å²) in [5.41, 5.74) is -0.715. The topological polar surface area (TPSA) is 83.6 Å². The Kier molecular flexibility index (Phi) is 3.85. The highest BCUT2D eigenvalue weighted by atomic mass is 32.2. The Morgan fingerprint density at radius 2 is 1.84 bits per heavy atom. The molecule has 1 saturated heterocycles. The molecular formula is C12H20N2O4S. The van der Waals surface area contributed by atoms with Gasteiger partial charge in [-0.25, -0.2) is 13.2 Å². The van der Waals surface area contributed by atoms with Gasteiger partial charge < -0.3 is 4.90 Å². The van der Waals surface area contributed by atoms with E-state index in [1.165, 1.54) is 6.26 Å². The lowest BCUT2D eigenvalue weighted by Crippen LogP contribution is -2.51. The summed E-state index contributed by atoms with van der Waals surface area (Å²) in [5, 5.41) is 2.37. The van der Waals surface area contributed by atoms with E-state index in [9.17, 15) is 18.0 Å². The van der Waals surface area contributed by atoms with Crippen LogP contribution in [0.3, 0.4) is 0 Å². The van der Waals surface area contributed by atoms with Gasteiger partial charge >= 0.3 is 6.03 Å². The van der Waals surface area contributed by atoms with Crippen LogP contribution in [-0.4, -0.2) is 49.3 Å². The van der Waals surface area contributed by atoms with E-state index in [4.69, 9.17) is 0 Å². The lowest BCUT2D eigenvalue weighted by molar-refractivity contribution is -0.128. The Morgan fingerprint density at radius 3 is 2.42 bits per heavy atom. The Hall–Kier alpha value is -1.11. The highest BCUT2D eigenvalue weighted by Gasteiger charge is 2.52. The smallest absolute Gasteiger partial charge is 0.310 e. The molecule has 1 heterocycles. The average Bonchev–Trinajstić information content (AvgIpc) is 2.53. The van der Waals surface area contributed by atoms with Crippen LogP contribution in [0, 0.1) is 0 Å². The van der Waals surface area contributed by atoms with Crippen molar-refractivity contribution in [1.82, 2.24) is 10.2 Å². The third kappa shape index (κ3) is 2.91. The second-order valence-corrected chi connectivity index (χ2v) is 7.75. The summed E-state index contributed by atoms with van der Waals surface area (Å²) in [4.78, 5) is 25.5. The molecule has 3 amide bonds. The fourth-order valence-electron chi connectivity index (χ4n) is 3.03. The number of hydrogen-bond acceptors (Lipinski definition) is 4. The third-order valence-electron chi connectivity index (χ3n) is 3.98. The number of nitrogens with zero attached hydrogens (tertiary/aromatic N) is 1. The van der Waals surface area contributed by atoms with Crippen molar-refractivity contribution in [2.24, 2.45) is 0 Å². The molecule has 0 aromatic carbocycles. The normalized spacial score (nSPS) is 22.9. The molecule has 2 rings (SSSR count). The Morgan fingerprint density at radius 1 is 1.21 bits per heavy atom. The summed E-state index contributed by atoms with van der Waals surface area (Å²) in [7, 11) is -3.03. The molecule has 6 nitrogen and oxygen atoms in total. The second kappa shape index (κ2) is 5.11. The van der Waals surface area contributed by atoms with Crippen molar-refractivity contribution in [3.8, 4) is 0 Å². The Balaban J connectivity index is 2.07. The van der Waals surface area contributed by atoms with Gasteiger partial charge in [0, 0.05) is 12.8 Å². The lowest BCUT2D eigenvalue weighted by atomic mass is 9.80. The van der Waals surface area contributed by atoms with E-state index in [-0.39, 0.29) is 17.7 Å². The van der Waals surface area contributed by atoms with Crippen LogP contribution >= 0.6 is 0 Å². The van der Waals surface area contributed by atoms with Crippen LogP contribution in [0.25, 0.3) is 0 Å². The largest absolute Gasteiger partial charge is 0.325 e. The van der Waals surface area contributed by atoms with Gasteiger partial charge in [-0.1, -0.05) is 19.3 Å². The first-order valence-corrected chi connectivity index (χ1v) is 8.72. The number of urea groups is 1. The number of hydrogen-bond donors (Lipinski definition) is 1. The van der Waals surface area contributed by atoms with E-state index in [1.807, 2.05) is 0 Å². The maximum atomic E-state index is 12.0. The van der Waals surface area contributed by atoms with Gasteiger partial charge in [0.25, 0.3) is 5.91 Å². The van der Waals surface area contributed by atoms with Gasteiger partial charge in [-0.05, 0) is 19.3 Å². The van der Waals surface area contributed by atoms with Crippen molar-refractivity contribution < 1.29 is 18.0 Å². The number of rotatable bonds is 4. The average molecular weight is 288 g/mol. The summed E-state index contributed by atoms with van der Waals surface area (Å²) in [6.45, 7) is 0.324. The molecule has 0 aromatic rings. The number of sulfone groups is 1. The fourth-order valence-corrected chi connectivity index (χ4v) is 3.69. The molecule has 1 aliphatic carbocycles. The van der Waals surface area contributed by atoms with Crippen LogP contribution in [0.1, 0.15) is 38.5 Å². The van der Waals surface area contributed by atoms with Gasteiger partial charge in [-0.15, -0.1) is 0 Å². The van der Waals surface area contributed by atoms with Crippen LogP contribution in [0.4, 0.5) is 4.79 Å². The zero-order chi connectivity index (χ0) is 14.1. The Labute approximate surface area is 113 Å². The fraction of sp³-hybridized carbons (Fsp3) is 0.833. The minimum Gasteiger partial charge on any atom is -0.310 e. The number of amides is 3. The van der Waals surface area contributed by atoms with Gasteiger partial charge in [-0.3, -0.25) is 10.1 Å². The highest BCUT2D eigenvalue weighted by molar-refractivity contribution is 7.90. The quantitative estimate of drug-likeness (QED) is 0.771. The zero-order valence-corrected chi connectivity index (χ0v) is 12.0. The van der Waals surface area contributed by atoms with Crippen LogP contribution in [0.5, 0.6) is 0 Å². The third-order valence-corrected chi connectivity index (χ3v) is 5.01. The molecule has 0 aromatic heterocycles. The number of carbonyl (C=O) groups is 2. The molecule has 0 bridgehead atoms. The molecule has 108 valence electrons. The minimum absolute atomic E-state index is 0.0427. The first-order chi connectivity index (χ1) is 8.85. The maximum Gasteiger partial charge on any atom is 0.325 e. The predicted octanol–water partition coefficient (Wildman–Crippen LogP) is 0.676. The van der Waals surface area contributed by atoms with Crippen molar-refractivity contribution in [3.63, 3.8) is 0 Å². The zero-order valence-electron chi connectivity index (χ0n) is 11.1. The molecule has 1 spiro atoms. The van der Waals surface area contributed by atoms with Gasteiger partial charge in [0.2, 0.25) is 0 Å². The van der Waals surface area contributed by atoms with E-state index in [0.29, 0.717) is 25.8 Å². The van der Waals surface area contributed by atoms with Crippen molar-refractivity contribution in [2.75, 3.05) is 18.6 Å². The van der Waals surface area contributed by atoms with Gasteiger partial charge in [0.1, 0.15) is 15.4 Å². The standard InChI is InChI=1S/C12H20N2O4S/c1-19(17,18)9-5-8-14-11(16)13-10(15)12(14)6-3-2-4-7-12/h2-9H2,1H3,(H,13,15,16). The van der Waals surface area contributed by atoms with E-state index in [2.05, 4.69) is 5.32 Å². The summed E-state index contributed by atoms with van der Waals surface area (Å²) < 4.78 is 22.3. The molecule has 1 saturated carbocycles. The second-order valence-electron chi connectivity index (χ2n) is 5.49. The first kappa shape index (κ1) is 14.3. The van der Waals surface area contributed by atoms with E-state index in [1.54, 1.807) is 4.90 Å². The van der Waals surface area contributed by atoms with Crippen molar-refractivity contribution in [2.45, 2.75) is 44.1 Å². The summed E-state index contributed by atoms with van der Waals surface area (Å²) in [5.74, 6) is -0.169.